The molecule has 0 unspecified atom stereocenters. The van der Waals surface area contributed by atoms with Gasteiger partial charge in [0.15, 0.2) is 0 Å². The van der Waals surface area contributed by atoms with Crippen LogP contribution < -0.4 is 10.6 Å². The maximum Gasteiger partial charge on any atom is 0.313 e. The molecule has 30 heavy (non-hydrogen) atoms. The van der Waals surface area contributed by atoms with Gasteiger partial charge in [-0.1, -0.05) is 15.9 Å². The Kier molecular flexibility index (Phi) is 7.53. The van der Waals surface area contributed by atoms with Gasteiger partial charge in [-0.2, -0.15) is 0 Å². The number of carbonyl (C=O) groups is 3. The Morgan fingerprint density at radius 3 is 2.17 bits per heavy atom. The average molecular weight is 477 g/mol. The highest BCUT2D eigenvalue weighted by molar-refractivity contribution is 9.10. The van der Waals surface area contributed by atoms with E-state index in [1.807, 2.05) is 17.0 Å². The van der Waals surface area contributed by atoms with E-state index in [1.165, 1.54) is 24.3 Å². The van der Waals surface area contributed by atoms with Crippen molar-refractivity contribution in [3.8, 4) is 0 Å². The zero-order chi connectivity index (χ0) is 21.5. The number of rotatable bonds is 5. The number of halogens is 2. The quantitative estimate of drug-likeness (QED) is 0.647. The number of nitrogens with one attached hydrogen (secondary N) is 2. The Hall–Kier alpha value is -2.78. The van der Waals surface area contributed by atoms with Crippen LogP contribution in [0.5, 0.6) is 0 Å². The third kappa shape index (κ3) is 6.11. The fourth-order valence-electron chi connectivity index (χ4n) is 3.08. The summed E-state index contributed by atoms with van der Waals surface area (Å²) in [6, 6.07) is 12.5. The van der Waals surface area contributed by atoms with Gasteiger partial charge in [-0.15, -0.1) is 0 Å². The average Bonchev–Trinajstić information content (AvgIpc) is 2.76. The van der Waals surface area contributed by atoms with Gasteiger partial charge in [0.2, 0.25) is 0 Å². The molecule has 0 atom stereocenters. The van der Waals surface area contributed by atoms with Crippen LogP contribution in [0.4, 0.5) is 10.1 Å². The summed E-state index contributed by atoms with van der Waals surface area (Å²) in [6.45, 7) is 3.49. The molecule has 9 heteroatoms. The zero-order valence-corrected chi connectivity index (χ0v) is 17.8. The molecular formula is C21H22BrFN4O3. The van der Waals surface area contributed by atoms with Crippen molar-refractivity contribution in [1.82, 2.24) is 15.1 Å². The summed E-state index contributed by atoms with van der Waals surface area (Å²) in [5.41, 5.74) is 1.01. The van der Waals surface area contributed by atoms with Crippen LogP contribution in [0.25, 0.3) is 0 Å². The molecule has 1 saturated heterocycles. The van der Waals surface area contributed by atoms with E-state index in [2.05, 4.69) is 31.5 Å². The van der Waals surface area contributed by atoms with E-state index in [4.69, 9.17) is 0 Å². The van der Waals surface area contributed by atoms with E-state index in [9.17, 15) is 18.8 Å². The van der Waals surface area contributed by atoms with E-state index in [0.717, 1.165) is 4.47 Å². The molecule has 0 radical (unpaired) electrons. The van der Waals surface area contributed by atoms with Crippen LogP contribution in [-0.2, 0) is 9.59 Å². The Bertz CT molecular complexity index is 897. The standard InChI is InChI=1S/C21H22BrFN4O3/c22-16-3-1-15(2-4-16)21(30)27-13-11-26(12-14-27)10-9-24-19(28)20(29)25-18-7-5-17(23)6-8-18/h1-8H,9-14H2,(H,24,28)(H,25,29). The lowest BCUT2D eigenvalue weighted by Crippen LogP contribution is -2.50. The first-order valence-electron chi connectivity index (χ1n) is 9.54. The van der Waals surface area contributed by atoms with Crippen LogP contribution in [0.15, 0.2) is 53.0 Å². The van der Waals surface area contributed by atoms with Crippen LogP contribution in [0.1, 0.15) is 10.4 Å². The normalized spacial score (nSPS) is 14.3. The number of amides is 3. The van der Waals surface area contributed by atoms with E-state index in [-0.39, 0.29) is 5.91 Å². The molecule has 3 rings (SSSR count). The number of hydrogen-bond acceptors (Lipinski definition) is 4. The molecule has 2 aromatic rings. The van der Waals surface area contributed by atoms with Gasteiger partial charge in [-0.25, -0.2) is 4.39 Å². The number of benzene rings is 2. The van der Waals surface area contributed by atoms with Gasteiger partial charge < -0.3 is 15.5 Å². The van der Waals surface area contributed by atoms with Gasteiger partial charge in [-0.3, -0.25) is 19.3 Å². The molecular weight excluding hydrogens is 455 g/mol. The third-order valence-corrected chi connectivity index (χ3v) is 5.30. The Labute approximate surface area is 182 Å². The summed E-state index contributed by atoms with van der Waals surface area (Å²) in [6.07, 6.45) is 0. The molecule has 0 aromatic heterocycles. The van der Waals surface area contributed by atoms with Gasteiger partial charge in [0.05, 0.1) is 0 Å². The molecule has 0 aliphatic carbocycles. The molecule has 1 aliphatic heterocycles. The van der Waals surface area contributed by atoms with E-state index in [1.54, 1.807) is 12.1 Å². The van der Waals surface area contributed by atoms with Gasteiger partial charge in [0.1, 0.15) is 5.82 Å². The molecule has 3 amide bonds. The molecule has 0 saturated carbocycles. The molecule has 2 aromatic carbocycles. The first kappa shape index (κ1) is 21.9. The van der Waals surface area contributed by atoms with Crippen molar-refractivity contribution in [2.45, 2.75) is 0 Å². The van der Waals surface area contributed by atoms with Crippen LogP contribution in [0.2, 0.25) is 0 Å². The Morgan fingerprint density at radius 1 is 0.900 bits per heavy atom. The summed E-state index contributed by atoms with van der Waals surface area (Å²) in [5, 5.41) is 4.99. The fraction of sp³-hybridized carbons (Fsp3) is 0.286. The molecule has 158 valence electrons. The summed E-state index contributed by atoms with van der Waals surface area (Å²) in [7, 11) is 0. The lowest BCUT2D eigenvalue weighted by atomic mass is 10.2. The van der Waals surface area contributed by atoms with Crippen molar-refractivity contribution in [2.24, 2.45) is 0 Å². The highest BCUT2D eigenvalue weighted by Crippen LogP contribution is 2.13. The molecule has 1 heterocycles. The number of nitrogens with zero attached hydrogens (tertiary/aromatic N) is 2. The molecule has 0 spiro atoms. The molecule has 2 N–H and O–H groups in total. The lowest BCUT2D eigenvalue weighted by Gasteiger charge is -2.34. The maximum absolute atomic E-state index is 12.9. The first-order valence-corrected chi connectivity index (χ1v) is 10.3. The van der Waals surface area contributed by atoms with Crippen molar-refractivity contribution in [3.63, 3.8) is 0 Å². The SMILES string of the molecule is O=C(NCCN1CCN(C(=O)c2ccc(Br)cc2)CC1)C(=O)Nc1ccc(F)cc1. The highest BCUT2D eigenvalue weighted by atomic mass is 79.9. The predicted molar refractivity (Wildman–Crippen MR) is 115 cm³/mol. The minimum absolute atomic E-state index is 0.00733. The second kappa shape index (κ2) is 10.3. The number of piperazine rings is 1. The van der Waals surface area contributed by atoms with Gasteiger partial charge in [0, 0.05) is 55.0 Å². The minimum atomic E-state index is -0.800. The van der Waals surface area contributed by atoms with Crippen LogP contribution in [0, 0.1) is 5.82 Å². The topological polar surface area (TPSA) is 81.8 Å². The van der Waals surface area contributed by atoms with E-state index >= 15 is 0 Å². The lowest BCUT2D eigenvalue weighted by molar-refractivity contribution is -0.136. The van der Waals surface area contributed by atoms with Crippen LogP contribution in [0.3, 0.4) is 0 Å². The molecule has 1 aliphatic rings. The third-order valence-electron chi connectivity index (χ3n) is 4.77. The second-order valence-electron chi connectivity index (χ2n) is 6.86. The van der Waals surface area contributed by atoms with Crippen molar-refractivity contribution >= 4 is 39.3 Å². The zero-order valence-electron chi connectivity index (χ0n) is 16.2. The summed E-state index contributed by atoms with van der Waals surface area (Å²) >= 11 is 3.36. The minimum Gasteiger partial charge on any atom is -0.347 e. The number of carbonyl (C=O) groups excluding carboxylic acids is 3. The summed E-state index contributed by atoms with van der Waals surface area (Å²) in [5.74, 6) is -1.96. The molecule has 7 nitrogen and oxygen atoms in total. The van der Waals surface area contributed by atoms with Gasteiger partial charge in [-0.05, 0) is 48.5 Å². The summed E-state index contributed by atoms with van der Waals surface area (Å²) < 4.78 is 13.8. The van der Waals surface area contributed by atoms with Gasteiger partial charge in [0.25, 0.3) is 5.91 Å². The smallest absolute Gasteiger partial charge is 0.313 e. The van der Waals surface area contributed by atoms with Gasteiger partial charge >= 0.3 is 11.8 Å². The number of hydrogen-bond donors (Lipinski definition) is 2. The summed E-state index contributed by atoms with van der Waals surface area (Å²) in [4.78, 5) is 40.3. The monoisotopic (exact) mass is 476 g/mol. The van der Waals surface area contributed by atoms with Crippen molar-refractivity contribution < 1.29 is 18.8 Å². The highest BCUT2D eigenvalue weighted by Gasteiger charge is 2.22. The molecule has 1 fully saturated rings. The van der Waals surface area contributed by atoms with Crippen LogP contribution >= 0.6 is 15.9 Å². The first-order chi connectivity index (χ1) is 14.4. The predicted octanol–water partition coefficient (Wildman–Crippen LogP) is 2.10. The van der Waals surface area contributed by atoms with E-state index in [0.29, 0.717) is 50.5 Å². The van der Waals surface area contributed by atoms with Crippen molar-refractivity contribution in [1.29, 1.82) is 0 Å². The second-order valence-corrected chi connectivity index (χ2v) is 7.77. The van der Waals surface area contributed by atoms with E-state index < -0.39 is 17.6 Å². The largest absolute Gasteiger partial charge is 0.347 e. The Morgan fingerprint density at radius 2 is 1.53 bits per heavy atom. The van der Waals surface area contributed by atoms with Crippen molar-refractivity contribution in [3.05, 3.63) is 64.4 Å². The number of anilines is 1. The fourth-order valence-corrected chi connectivity index (χ4v) is 3.34. The molecule has 0 bridgehead atoms. The maximum atomic E-state index is 12.9. The van der Waals surface area contributed by atoms with Crippen LogP contribution in [-0.4, -0.2) is 66.8 Å². The van der Waals surface area contributed by atoms with Crippen molar-refractivity contribution in [2.75, 3.05) is 44.6 Å². The Balaban J connectivity index is 1.36.